The zero-order chi connectivity index (χ0) is 23.8. The van der Waals surface area contributed by atoms with E-state index in [9.17, 15) is 13.2 Å². The highest BCUT2D eigenvalue weighted by Gasteiger charge is 2.36. The molecule has 3 heterocycles. The Labute approximate surface area is 198 Å². The van der Waals surface area contributed by atoms with Gasteiger partial charge in [-0.2, -0.15) is 8.42 Å². The van der Waals surface area contributed by atoms with Gasteiger partial charge in [-0.05, 0) is 76.2 Å². The van der Waals surface area contributed by atoms with Gasteiger partial charge in [-0.3, -0.25) is 9.69 Å². The summed E-state index contributed by atoms with van der Waals surface area (Å²) in [7, 11) is -3.73. The zero-order valence-electron chi connectivity index (χ0n) is 20.2. The second kappa shape index (κ2) is 9.58. The number of carbonyl (C=O) groups excluding carboxylic acids is 1. The van der Waals surface area contributed by atoms with E-state index in [0.29, 0.717) is 53.9 Å². The Kier molecular flexibility index (Phi) is 6.96. The minimum atomic E-state index is -3.73. The summed E-state index contributed by atoms with van der Waals surface area (Å²) < 4.78 is 30.0. The number of likely N-dealkylation sites (tertiary alicyclic amines) is 2. The topological polar surface area (TPSA) is 82.1 Å². The zero-order valence-corrected chi connectivity index (χ0v) is 21.0. The minimum absolute atomic E-state index is 0.0279. The van der Waals surface area contributed by atoms with E-state index in [1.165, 1.54) is 6.42 Å². The molecule has 3 aliphatic rings. The first kappa shape index (κ1) is 24.0. The van der Waals surface area contributed by atoms with E-state index in [4.69, 9.17) is 0 Å². The van der Waals surface area contributed by atoms with Crippen molar-refractivity contribution >= 4 is 26.7 Å². The highest BCUT2D eigenvalue weighted by atomic mass is 32.2. The highest BCUT2D eigenvalue weighted by Crippen LogP contribution is 2.35. The Morgan fingerprint density at radius 1 is 1.09 bits per heavy atom. The van der Waals surface area contributed by atoms with E-state index in [1.54, 1.807) is 0 Å². The van der Waals surface area contributed by atoms with Crippen LogP contribution >= 0.6 is 0 Å². The lowest BCUT2D eigenvalue weighted by molar-refractivity contribution is -0.126. The van der Waals surface area contributed by atoms with E-state index >= 15 is 0 Å². The maximum atomic E-state index is 12.9. The lowest BCUT2D eigenvalue weighted by atomic mass is 9.95. The smallest absolute Gasteiger partial charge is 0.285 e. The SMILES string of the molecule is CCN1CCC[C@H]1CNC(=O)C1CCN(C2=NS(=O)(=O)C(c3ccc(C)c(C)c3)=C2C)CC1. The maximum absolute atomic E-state index is 12.9. The molecule has 4 rings (SSSR count). The first-order valence-corrected chi connectivity index (χ1v) is 13.6. The lowest BCUT2D eigenvalue weighted by Gasteiger charge is -2.33. The van der Waals surface area contributed by atoms with Crippen molar-refractivity contribution in [3.63, 3.8) is 0 Å². The largest absolute Gasteiger partial charge is 0.356 e. The molecule has 0 aromatic heterocycles. The second-order valence-electron chi connectivity index (χ2n) is 9.57. The third-order valence-corrected chi connectivity index (χ3v) is 8.96. The number of hydrogen-bond acceptors (Lipinski definition) is 5. The number of aryl methyl sites for hydroxylation is 2. The lowest BCUT2D eigenvalue weighted by Crippen LogP contribution is -2.46. The molecule has 3 aliphatic heterocycles. The van der Waals surface area contributed by atoms with E-state index in [1.807, 2.05) is 43.9 Å². The van der Waals surface area contributed by atoms with Crippen LogP contribution in [0.25, 0.3) is 4.91 Å². The van der Waals surface area contributed by atoms with Gasteiger partial charge in [0.05, 0.1) is 0 Å². The van der Waals surface area contributed by atoms with Gasteiger partial charge >= 0.3 is 0 Å². The average molecular weight is 473 g/mol. The van der Waals surface area contributed by atoms with Crippen LogP contribution in [-0.2, 0) is 14.8 Å². The van der Waals surface area contributed by atoms with E-state index < -0.39 is 10.0 Å². The number of carbonyl (C=O) groups is 1. The Morgan fingerprint density at radius 3 is 2.48 bits per heavy atom. The van der Waals surface area contributed by atoms with Crippen LogP contribution in [0.1, 0.15) is 56.2 Å². The average Bonchev–Trinajstić information content (AvgIpc) is 3.35. The van der Waals surface area contributed by atoms with Gasteiger partial charge in [0.1, 0.15) is 10.7 Å². The quantitative estimate of drug-likeness (QED) is 0.712. The summed E-state index contributed by atoms with van der Waals surface area (Å²) in [5, 5.41) is 3.17. The van der Waals surface area contributed by atoms with Crippen LogP contribution in [0.2, 0.25) is 0 Å². The van der Waals surface area contributed by atoms with Gasteiger partial charge in [-0.25, -0.2) is 0 Å². The van der Waals surface area contributed by atoms with Crippen molar-refractivity contribution in [2.45, 2.75) is 59.4 Å². The van der Waals surface area contributed by atoms with Gasteiger partial charge in [0.15, 0.2) is 0 Å². The van der Waals surface area contributed by atoms with E-state index in [0.717, 1.165) is 37.2 Å². The number of hydrogen-bond donors (Lipinski definition) is 1. The Morgan fingerprint density at radius 2 is 1.82 bits per heavy atom. The van der Waals surface area contributed by atoms with Gasteiger partial charge in [-0.15, -0.1) is 4.40 Å². The van der Waals surface area contributed by atoms with Crippen LogP contribution in [0.15, 0.2) is 28.2 Å². The molecule has 1 aromatic carbocycles. The van der Waals surface area contributed by atoms with Crippen LogP contribution in [0, 0.1) is 19.8 Å². The molecule has 0 unspecified atom stereocenters. The van der Waals surface area contributed by atoms with Crippen LogP contribution in [0.3, 0.4) is 0 Å². The molecule has 7 nitrogen and oxygen atoms in total. The van der Waals surface area contributed by atoms with Crippen molar-refractivity contribution in [2.24, 2.45) is 10.3 Å². The molecule has 1 atom stereocenters. The molecular formula is C25H36N4O3S. The molecule has 1 aromatic rings. The predicted octanol–water partition coefficient (Wildman–Crippen LogP) is 3.09. The summed E-state index contributed by atoms with van der Waals surface area (Å²) in [5.41, 5.74) is 3.57. The van der Waals surface area contributed by atoms with Crippen molar-refractivity contribution < 1.29 is 13.2 Å². The van der Waals surface area contributed by atoms with Gasteiger partial charge < -0.3 is 10.2 Å². The Hall–Kier alpha value is -2.19. The number of likely N-dealkylation sites (N-methyl/N-ethyl adjacent to an activating group) is 1. The van der Waals surface area contributed by atoms with Crippen LogP contribution in [-0.4, -0.2) is 68.7 Å². The number of rotatable bonds is 5. The number of sulfonamides is 1. The van der Waals surface area contributed by atoms with Crippen LogP contribution in [0.4, 0.5) is 0 Å². The van der Waals surface area contributed by atoms with Crippen molar-refractivity contribution in [2.75, 3.05) is 32.7 Å². The predicted molar refractivity (Wildman–Crippen MR) is 132 cm³/mol. The molecule has 0 radical (unpaired) electrons. The number of piperidine rings is 1. The molecule has 0 spiro atoms. The highest BCUT2D eigenvalue weighted by molar-refractivity contribution is 8.00. The maximum Gasteiger partial charge on any atom is 0.285 e. The Bertz CT molecular complexity index is 1080. The summed E-state index contributed by atoms with van der Waals surface area (Å²) in [5.74, 6) is 0.633. The molecule has 33 heavy (non-hydrogen) atoms. The van der Waals surface area contributed by atoms with Gasteiger partial charge in [0.25, 0.3) is 10.0 Å². The van der Waals surface area contributed by atoms with Crippen molar-refractivity contribution in [3.05, 3.63) is 40.5 Å². The molecule has 2 fully saturated rings. The van der Waals surface area contributed by atoms with Crippen molar-refractivity contribution in [3.8, 4) is 0 Å². The van der Waals surface area contributed by atoms with E-state index in [2.05, 4.69) is 21.5 Å². The van der Waals surface area contributed by atoms with Crippen molar-refractivity contribution in [1.29, 1.82) is 0 Å². The van der Waals surface area contributed by atoms with Crippen molar-refractivity contribution in [1.82, 2.24) is 15.1 Å². The molecule has 2 saturated heterocycles. The van der Waals surface area contributed by atoms with Gasteiger partial charge in [0.2, 0.25) is 5.91 Å². The van der Waals surface area contributed by atoms with Gasteiger partial charge in [0, 0.05) is 37.2 Å². The molecule has 0 aliphatic carbocycles. The molecule has 8 heteroatoms. The molecule has 1 N–H and O–H groups in total. The number of amides is 1. The normalized spacial score (nSPS) is 23.8. The Balaban J connectivity index is 1.39. The first-order chi connectivity index (χ1) is 15.7. The molecular weight excluding hydrogens is 436 g/mol. The number of amidine groups is 1. The number of benzene rings is 1. The number of nitrogens with one attached hydrogen (secondary N) is 1. The third-order valence-electron chi connectivity index (χ3n) is 7.49. The fourth-order valence-electron chi connectivity index (χ4n) is 5.32. The molecule has 0 saturated carbocycles. The summed E-state index contributed by atoms with van der Waals surface area (Å²) in [6.45, 7) is 12.2. The summed E-state index contributed by atoms with van der Waals surface area (Å²) in [6, 6.07) is 6.19. The summed E-state index contributed by atoms with van der Waals surface area (Å²) >= 11 is 0. The third kappa shape index (κ3) is 4.87. The fraction of sp³-hybridized carbons (Fsp3) is 0.600. The van der Waals surface area contributed by atoms with Crippen LogP contribution < -0.4 is 5.32 Å². The van der Waals surface area contributed by atoms with Crippen LogP contribution in [0.5, 0.6) is 0 Å². The molecule has 180 valence electrons. The standard InChI is InChI=1S/C25H36N4O3S/c1-5-28-12-6-7-22(28)16-26-25(30)20-10-13-29(14-11-20)24-19(4)23(33(31,32)27-24)21-9-8-17(2)18(3)15-21/h8-9,15,20,22H,5-7,10-14,16H2,1-4H3,(H,26,30)/t22-/m0/s1. The summed E-state index contributed by atoms with van der Waals surface area (Å²) in [6.07, 6.45) is 3.77. The fourth-order valence-corrected chi connectivity index (χ4v) is 6.80. The second-order valence-corrected chi connectivity index (χ2v) is 11.1. The summed E-state index contributed by atoms with van der Waals surface area (Å²) in [4.78, 5) is 17.5. The van der Waals surface area contributed by atoms with Gasteiger partial charge in [-0.1, -0.05) is 25.1 Å². The monoisotopic (exact) mass is 472 g/mol. The first-order valence-electron chi connectivity index (χ1n) is 12.1. The number of nitrogens with zero attached hydrogens (tertiary/aromatic N) is 3. The minimum Gasteiger partial charge on any atom is -0.356 e. The molecule has 0 bridgehead atoms. The molecule has 1 amide bonds. The van der Waals surface area contributed by atoms with E-state index in [-0.39, 0.29) is 11.8 Å².